The van der Waals surface area contributed by atoms with E-state index in [0.717, 1.165) is 6.92 Å². The van der Waals surface area contributed by atoms with Crippen molar-refractivity contribution in [1.29, 1.82) is 0 Å². The van der Waals surface area contributed by atoms with Crippen molar-refractivity contribution in [3.8, 4) is 0 Å². The van der Waals surface area contributed by atoms with Crippen LogP contribution in [0.4, 0.5) is 0 Å². The summed E-state index contributed by atoms with van der Waals surface area (Å²) in [7, 11) is -4.05. The molecule has 0 bridgehead atoms. The van der Waals surface area contributed by atoms with Gasteiger partial charge in [-0.15, -0.1) is 0 Å². The van der Waals surface area contributed by atoms with Crippen molar-refractivity contribution in [2.24, 2.45) is 0 Å². The molecule has 0 rings (SSSR count). The average Bonchev–Trinajstić information content (AvgIpc) is 2.14. The van der Waals surface area contributed by atoms with Crippen LogP contribution in [0.5, 0.6) is 0 Å². The lowest BCUT2D eigenvalue weighted by molar-refractivity contribution is -0.136. The molecular weight excluding hydrogens is 248 g/mol. The number of rotatable bonds is 6. The maximum absolute atomic E-state index is 11.5. The van der Waals surface area contributed by atoms with Gasteiger partial charge in [-0.05, 0) is 27.7 Å². The zero-order chi connectivity index (χ0) is 13.8. The van der Waals surface area contributed by atoms with Gasteiger partial charge in [-0.3, -0.25) is 9.59 Å². The summed E-state index contributed by atoms with van der Waals surface area (Å²) in [5.74, 6) is -1.96. The highest BCUT2D eigenvalue weighted by Gasteiger charge is 2.30. The highest BCUT2D eigenvalue weighted by Crippen LogP contribution is 2.00. The summed E-state index contributed by atoms with van der Waals surface area (Å²) in [5, 5.41) is 9.51. The van der Waals surface area contributed by atoms with E-state index >= 15 is 0 Å². The molecule has 3 N–H and O–H groups in total. The maximum atomic E-state index is 11.5. The first kappa shape index (κ1) is 15.9. The molecule has 100 valence electrons. The number of sulfonamides is 1. The molecule has 2 unspecified atom stereocenters. The van der Waals surface area contributed by atoms with Crippen LogP contribution in [0, 0.1) is 0 Å². The Balaban J connectivity index is 4.63. The molecule has 8 heteroatoms. The topological polar surface area (TPSA) is 113 Å². The van der Waals surface area contributed by atoms with E-state index in [1.807, 2.05) is 4.72 Å². The molecule has 0 saturated carbocycles. The largest absolute Gasteiger partial charge is 0.480 e. The molecule has 1 amide bonds. The lowest BCUT2D eigenvalue weighted by Gasteiger charge is -2.17. The van der Waals surface area contributed by atoms with Gasteiger partial charge in [-0.1, -0.05) is 0 Å². The molecule has 0 aromatic carbocycles. The number of carboxylic acid groups (broad SMARTS) is 1. The number of aliphatic carboxylic acids is 1. The van der Waals surface area contributed by atoms with E-state index in [4.69, 9.17) is 5.11 Å². The molecule has 0 aliphatic heterocycles. The van der Waals surface area contributed by atoms with Crippen molar-refractivity contribution in [1.82, 2.24) is 10.0 Å². The van der Waals surface area contributed by atoms with Crippen molar-refractivity contribution in [3.63, 3.8) is 0 Å². The summed E-state index contributed by atoms with van der Waals surface area (Å²) in [6.07, 6.45) is 0. The lowest BCUT2D eigenvalue weighted by Crippen LogP contribution is -2.49. The van der Waals surface area contributed by atoms with Gasteiger partial charge in [0.25, 0.3) is 0 Å². The van der Waals surface area contributed by atoms with Crippen molar-refractivity contribution in [3.05, 3.63) is 0 Å². The van der Waals surface area contributed by atoms with Crippen molar-refractivity contribution < 1.29 is 23.1 Å². The smallest absolute Gasteiger partial charge is 0.323 e. The molecule has 0 aliphatic rings. The van der Waals surface area contributed by atoms with E-state index in [0.29, 0.717) is 0 Å². The van der Waals surface area contributed by atoms with E-state index in [1.165, 1.54) is 6.92 Å². The van der Waals surface area contributed by atoms with Gasteiger partial charge in [-0.25, -0.2) is 13.1 Å². The van der Waals surface area contributed by atoms with Crippen LogP contribution in [-0.2, 0) is 19.6 Å². The number of carboxylic acids is 1. The maximum Gasteiger partial charge on any atom is 0.323 e. The summed E-state index contributed by atoms with van der Waals surface area (Å²) in [5.41, 5.74) is 0. The number of amides is 1. The quantitative estimate of drug-likeness (QED) is 0.588. The van der Waals surface area contributed by atoms with E-state index in [2.05, 4.69) is 5.32 Å². The zero-order valence-corrected chi connectivity index (χ0v) is 11.0. The minimum Gasteiger partial charge on any atom is -0.480 e. The van der Waals surface area contributed by atoms with E-state index < -0.39 is 33.2 Å². The van der Waals surface area contributed by atoms with Crippen molar-refractivity contribution >= 4 is 21.9 Å². The first-order valence-corrected chi connectivity index (χ1v) is 6.67. The highest BCUT2D eigenvalue weighted by molar-refractivity contribution is 7.90. The summed E-state index contributed by atoms with van der Waals surface area (Å²) in [6.45, 7) is 5.86. The second kappa shape index (κ2) is 5.97. The molecule has 0 fully saturated rings. The van der Waals surface area contributed by atoms with Crippen LogP contribution < -0.4 is 10.0 Å². The summed E-state index contributed by atoms with van der Waals surface area (Å²) < 4.78 is 25.0. The third-order valence-electron chi connectivity index (χ3n) is 1.98. The predicted molar refractivity (Wildman–Crippen MR) is 61.9 cm³/mol. The zero-order valence-electron chi connectivity index (χ0n) is 10.2. The SMILES string of the molecule is CC(C)NC(=O)C(C)NS(=O)(=O)C(C)C(=O)O. The van der Waals surface area contributed by atoms with E-state index in [-0.39, 0.29) is 6.04 Å². The number of carbonyl (C=O) groups is 2. The van der Waals surface area contributed by atoms with Crippen LogP contribution in [0.2, 0.25) is 0 Å². The number of carbonyl (C=O) groups excluding carboxylic acids is 1. The number of hydrogen-bond donors (Lipinski definition) is 3. The molecule has 17 heavy (non-hydrogen) atoms. The second-order valence-corrected chi connectivity index (χ2v) is 6.06. The fourth-order valence-electron chi connectivity index (χ4n) is 0.944. The second-order valence-electron chi connectivity index (χ2n) is 4.03. The van der Waals surface area contributed by atoms with Gasteiger partial charge < -0.3 is 10.4 Å². The Morgan fingerprint density at radius 1 is 1.12 bits per heavy atom. The number of hydrogen-bond acceptors (Lipinski definition) is 4. The minimum absolute atomic E-state index is 0.119. The molecule has 2 atom stereocenters. The molecule has 0 aliphatic carbocycles. The summed E-state index contributed by atoms with van der Waals surface area (Å²) in [6, 6.07) is -1.13. The Morgan fingerprint density at radius 3 is 1.94 bits per heavy atom. The van der Waals surface area contributed by atoms with Gasteiger partial charge in [-0.2, -0.15) is 0 Å². The molecule has 7 nitrogen and oxygen atoms in total. The van der Waals surface area contributed by atoms with Crippen molar-refractivity contribution in [2.75, 3.05) is 0 Å². The van der Waals surface area contributed by atoms with Crippen LogP contribution in [-0.4, -0.2) is 42.7 Å². The first-order chi connectivity index (χ1) is 7.58. The van der Waals surface area contributed by atoms with Crippen LogP contribution in [0.1, 0.15) is 27.7 Å². The fourth-order valence-corrected chi connectivity index (χ4v) is 2.01. The first-order valence-electron chi connectivity index (χ1n) is 5.12. The van der Waals surface area contributed by atoms with E-state index in [1.54, 1.807) is 13.8 Å². The third kappa shape index (κ3) is 5.14. The highest BCUT2D eigenvalue weighted by atomic mass is 32.2. The van der Waals surface area contributed by atoms with Crippen LogP contribution in [0.15, 0.2) is 0 Å². The summed E-state index contributed by atoms with van der Waals surface area (Å²) in [4.78, 5) is 22.0. The summed E-state index contributed by atoms with van der Waals surface area (Å²) >= 11 is 0. The van der Waals surface area contributed by atoms with Gasteiger partial charge in [0.05, 0.1) is 6.04 Å². The normalized spacial score (nSPS) is 15.4. The lowest BCUT2D eigenvalue weighted by atomic mass is 10.3. The predicted octanol–water partition coefficient (Wildman–Crippen LogP) is -0.708. The Labute approximate surface area is 101 Å². The molecule has 0 aromatic rings. The third-order valence-corrected chi connectivity index (χ3v) is 3.79. The van der Waals surface area contributed by atoms with E-state index in [9.17, 15) is 18.0 Å². The average molecular weight is 266 g/mol. The minimum atomic E-state index is -4.05. The Bertz CT molecular complexity index is 390. The molecule has 0 radical (unpaired) electrons. The van der Waals surface area contributed by atoms with Crippen molar-refractivity contribution in [2.45, 2.75) is 45.0 Å². The van der Waals surface area contributed by atoms with Gasteiger partial charge in [0, 0.05) is 6.04 Å². The van der Waals surface area contributed by atoms with Gasteiger partial charge in [0.15, 0.2) is 5.25 Å². The molecule has 0 saturated heterocycles. The van der Waals surface area contributed by atoms with Gasteiger partial charge >= 0.3 is 5.97 Å². The molecule has 0 aromatic heterocycles. The standard InChI is InChI=1S/C9H18N2O5S/c1-5(2)10-8(12)6(3)11-17(15,16)7(4)9(13)14/h5-7,11H,1-4H3,(H,10,12)(H,13,14). The van der Waals surface area contributed by atoms with Crippen LogP contribution in [0.25, 0.3) is 0 Å². The Kier molecular flexibility index (Phi) is 5.56. The van der Waals surface area contributed by atoms with Gasteiger partial charge in [0.2, 0.25) is 15.9 Å². The molecular formula is C9H18N2O5S. The van der Waals surface area contributed by atoms with Gasteiger partial charge in [0.1, 0.15) is 0 Å². The van der Waals surface area contributed by atoms with Crippen LogP contribution >= 0.6 is 0 Å². The molecule has 0 heterocycles. The molecule has 0 spiro atoms. The fraction of sp³-hybridized carbons (Fsp3) is 0.778. The van der Waals surface area contributed by atoms with Crippen LogP contribution in [0.3, 0.4) is 0 Å². The Hall–Kier alpha value is -1.15. The Morgan fingerprint density at radius 2 is 1.59 bits per heavy atom. The number of nitrogens with one attached hydrogen (secondary N) is 2. The monoisotopic (exact) mass is 266 g/mol.